The molecule has 2 aromatic carbocycles. The van der Waals surface area contributed by atoms with Crippen LogP contribution in [0.1, 0.15) is 52.3 Å². The molecule has 2 heterocycles. The number of carbonyl (C=O) groups is 3. The van der Waals surface area contributed by atoms with Gasteiger partial charge in [0.2, 0.25) is 5.91 Å². The molecule has 0 bridgehead atoms. The second-order valence-corrected chi connectivity index (χ2v) is 6.89. The summed E-state index contributed by atoms with van der Waals surface area (Å²) >= 11 is 0. The van der Waals surface area contributed by atoms with Crippen molar-refractivity contribution in [1.82, 2.24) is 10.2 Å². The highest BCUT2D eigenvalue weighted by atomic mass is 16.3. The first-order valence-electron chi connectivity index (χ1n) is 9.27. The topological polar surface area (TPSA) is 79.6 Å². The Morgan fingerprint density at radius 2 is 1.68 bits per heavy atom. The Labute approximate surface area is 162 Å². The number of imide groups is 1. The van der Waals surface area contributed by atoms with Gasteiger partial charge in [0.15, 0.2) is 0 Å². The molecule has 0 saturated heterocycles. The standard InChI is InChI=1S/C22H20N2O4/c1-14(19-13-15-7-2-5-10-18(15)28-19)23-20(25)11-6-12-24-21(26)16-8-3-4-9-17(16)22(24)27/h2-5,7-10,13-14H,6,11-12H2,1H3,(H,23,25). The van der Waals surface area contributed by atoms with Crippen LogP contribution in [0.5, 0.6) is 0 Å². The van der Waals surface area contributed by atoms with Crippen molar-refractivity contribution in [2.45, 2.75) is 25.8 Å². The van der Waals surface area contributed by atoms with E-state index in [4.69, 9.17) is 4.42 Å². The highest BCUT2D eigenvalue weighted by Crippen LogP contribution is 2.24. The first-order valence-corrected chi connectivity index (χ1v) is 9.27. The van der Waals surface area contributed by atoms with Gasteiger partial charge in [-0.25, -0.2) is 0 Å². The van der Waals surface area contributed by atoms with Crippen LogP contribution < -0.4 is 5.32 Å². The van der Waals surface area contributed by atoms with Crippen molar-refractivity contribution in [1.29, 1.82) is 0 Å². The van der Waals surface area contributed by atoms with Gasteiger partial charge in [0, 0.05) is 18.4 Å². The van der Waals surface area contributed by atoms with Gasteiger partial charge in [0.25, 0.3) is 11.8 Å². The lowest BCUT2D eigenvalue weighted by atomic mass is 10.1. The summed E-state index contributed by atoms with van der Waals surface area (Å²) in [6.45, 7) is 2.08. The Kier molecular flexibility index (Phi) is 4.69. The Morgan fingerprint density at radius 1 is 1.04 bits per heavy atom. The summed E-state index contributed by atoms with van der Waals surface area (Å²) in [5, 5.41) is 3.89. The van der Waals surface area contributed by atoms with Gasteiger partial charge in [0.05, 0.1) is 17.2 Å². The summed E-state index contributed by atoms with van der Waals surface area (Å²) in [6.07, 6.45) is 0.627. The summed E-state index contributed by atoms with van der Waals surface area (Å²) in [5.41, 5.74) is 1.63. The van der Waals surface area contributed by atoms with Crippen molar-refractivity contribution < 1.29 is 18.8 Å². The summed E-state index contributed by atoms with van der Waals surface area (Å²) < 4.78 is 5.77. The van der Waals surface area contributed by atoms with Gasteiger partial charge in [-0.2, -0.15) is 0 Å². The van der Waals surface area contributed by atoms with Gasteiger partial charge < -0.3 is 9.73 Å². The van der Waals surface area contributed by atoms with Crippen molar-refractivity contribution in [2.75, 3.05) is 6.54 Å². The molecule has 142 valence electrons. The van der Waals surface area contributed by atoms with Crippen molar-refractivity contribution in [3.63, 3.8) is 0 Å². The fraction of sp³-hybridized carbons (Fsp3) is 0.227. The number of amides is 3. The largest absolute Gasteiger partial charge is 0.459 e. The number of para-hydroxylation sites is 1. The number of nitrogens with one attached hydrogen (secondary N) is 1. The molecule has 0 fully saturated rings. The minimum absolute atomic E-state index is 0.149. The first-order chi connectivity index (χ1) is 13.5. The number of nitrogens with zero attached hydrogens (tertiary/aromatic N) is 1. The van der Waals surface area contributed by atoms with Crippen molar-refractivity contribution in [3.8, 4) is 0 Å². The van der Waals surface area contributed by atoms with Crippen LogP contribution in [-0.4, -0.2) is 29.2 Å². The molecule has 1 aliphatic heterocycles. The maximum atomic E-state index is 12.3. The predicted molar refractivity (Wildman–Crippen MR) is 104 cm³/mol. The third-order valence-corrected chi connectivity index (χ3v) is 4.91. The van der Waals surface area contributed by atoms with Crippen LogP contribution in [-0.2, 0) is 4.79 Å². The Hall–Kier alpha value is -3.41. The third kappa shape index (κ3) is 3.29. The maximum Gasteiger partial charge on any atom is 0.261 e. The molecule has 1 aromatic heterocycles. The normalized spacial score (nSPS) is 14.4. The Morgan fingerprint density at radius 3 is 2.36 bits per heavy atom. The summed E-state index contributed by atoms with van der Waals surface area (Å²) in [5.74, 6) is -0.0484. The second-order valence-electron chi connectivity index (χ2n) is 6.89. The molecule has 3 aromatic rings. The zero-order valence-electron chi connectivity index (χ0n) is 15.5. The SMILES string of the molecule is CC(NC(=O)CCCN1C(=O)c2ccccc2C1=O)c1cc2ccccc2o1. The summed E-state index contributed by atoms with van der Waals surface area (Å²) in [6, 6.07) is 16.1. The molecule has 0 radical (unpaired) electrons. The molecule has 1 unspecified atom stereocenters. The molecule has 28 heavy (non-hydrogen) atoms. The maximum absolute atomic E-state index is 12.3. The minimum atomic E-state index is -0.295. The number of benzene rings is 2. The lowest BCUT2D eigenvalue weighted by Crippen LogP contribution is -2.32. The van der Waals surface area contributed by atoms with Gasteiger partial charge in [-0.05, 0) is 37.6 Å². The lowest BCUT2D eigenvalue weighted by molar-refractivity contribution is -0.122. The van der Waals surface area contributed by atoms with E-state index in [1.165, 1.54) is 4.90 Å². The van der Waals surface area contributed by atoms with Crippen LogP contribution >= 0.6 is 0 Å². The molecule has 0 saturated carbocycles. The van der Waals surface area contributed by atoms with Gasteiger partial charge in [-0.1, -0.05) is 30.3 Å². The van der Waals surface area contributed by atoms with E-state index in [0.717, 1.165) is 11.0 Å². The zero-order valence-corrected chi connectivity index (χ0v) is 15.5. The van der Waals surface area contributed by atoms with E-state index in [2.05, 4.69) is 5.32 Å². The first kappa shape index (κ1) is 18.0. The van der Waals surface area contributed by atoms with Crippen LogP contribution in [0.3, 0.4) is 0 Å². The highest BCUT2D eigenvalue weighted by molar-refractivity contribution is 6.21. The smallest absolute Gasteiger partial charge is 0.261 e. The summed E-state index contributed by atoms with van der Waals surface area (Å²) in [7, 11) is 0. The quantitative estimate of drug-likeness (QED) is 0.666. The number of rotatable bonds is 6. The van der Waals surface area contributed by atoms with E-state index in [9.17, 15) is 14.4 Å². The molecular formula is C22H20N2O4. The van der Waals surface area contributed by atoms with Crippen LogP contribution in [0.4, 0.5) is 0 Å². The molecule has 0 aliphatic carbocycles. The predicted octanol–water partition coefficient (Wildman–Crippen LogP) is 3.69. The average molecular weight is 376 g/mol. The van der Waals surface area contributed by atoms with E-state index < -0.39 is 0 Å². The van der Waals surface area contributed by atoms with E-state index in [0.29, 0.717) is 23.3 Å². The number of hydrogen-bond acceptors (Lipinski definition) is 4. The summed E-state index contributed by atoms with van der Waals surface area (Å²) in [4.78, 5) is 38.1. The Bertz CT molecular complexity index is 1000. The second kappa shape index (κ2) is 7.31. The molecule has 1 atom stereocenters. The average Bonchev–Trinajstić information content (AvgIpc) is 3.23. The molecule has 6 heteroatoms. The van der Waals surface area contributed by atoms with Crippen molar-refractivity contribution >= 4 is 28.7 Å². The highest BCUT2D eigenvalue weighted by Gasteiger charge is 2.34. The van der Waals surface area contributed by atoms with E-state index in [1.807, 2.05) is 37.3 Å². The fourth-order valence-corrected chi connectivity index (χ4v) is 3.44. The number of hydrogen-bond donors (Lipinski definition) is 1. The minimum Gasteiger partial charge on any atom is -0.459 e. The molecule has 1 aliphatic rings. The Balaban J connectivity index is 1.30. The molecular weight excluding hydrogens is 356 g/mol. The zero-order chi connectivity index (χ0) is 19.7. The number of furan rings is 1. The van der Waals surface area contributed by atoms with Crippen molar-refractivity contribution in [2.24, 2.45) is 0 Å². The monoisotopic (exact) mass is 376 g/mol. The molecule has 1 N–H and O–H groups in total. The van der Waals surface area contributed by atoms with Crippen LogP contribution in [0.25, 0.3) is 11.0 Å². The third-order valence-electron chi connectivity index (χ3n) is 4.91. The van der Waals surface area contributed by atoms with E-state index in [-0.39, 0.29) is 36.7 Å². The van der Waals surface area contributed by atoms with E-state index in [1.54, 1.807) is 24.3 Å². The van der Waals surface area contributed by atoms with Gasteiger partial charge in [-0.15, -0.1) is 0 Å². The number of carbonyl (C=O) groups excluding carboxylic acids is 3. The fourth-order valence-electron chi connectivity index (χ4n) is 3.44. The van der Waals surface area contributed by atoms with E-state index >= 15 is 0 Å². The van der Waals surface area contributed by atoms with Crippen molar-refractivity contribution in [3.05, 3.63) is 71.5 Å². The van der Waals surface area contributed by atoms with Crippen LogP contribution in [0.2, 0.25) is 0 Å². The lowest BCUT2D eigenvalue weighted by Gasteiger charge is -2.14. The van der Waals surface area contributed by atoms with Gasteiger partial charge >= 0.3 is 0 Å². The molecule has 0 spiro atoms. The van der Waals surface area contributed by atoms with Gasteiger partial charge in [-0.3, -0.25) is 19.3 Å². The molecule has 4 rings (SSSR count). The molecule has 6 nitrogen and oxygen atoms in total. The number of fused-ring (bicyclic) bond motifs is 2. The molecule has 3 amide bonds. The van der Waals surface area contributed by atoms with Gasteiger partial charge in [0.1, 0.15) is 11.3 Å². The van der Waals surface area contributed by atoms with Crippen LogP contribution in [0.15, 0.2) is 59.0 Å². The van der Waals surface area contributed by atoms with Crippen LogP contribution in [0, 0.1) is 0 Å².